The van der Waals surface area contributed by atoms with Gasteiger partial charge in [-0.1, -0.05) is 18.2 Å². The van der Waals surface area contributed by atoms with Crippen molar-refractivity contribution in [1.82, 2.24) is 9.47 Å². The van der Waals surface area contributed by atoms with Crippen molar-refractivity contribution in [2.75, 3.05) is 31.6 Å². The summed E-state index contributed by atoms with van der Waals surface area (Å²) in [6.45, 7) is 3.06. The number of piperazine rings is 1. The van der Waals surface area contributed by atoms with Crippen molar-refractivity contribution in [2.24, 2.45) is 0 Å². The number of amides is 1. The van der Waals surface area contributed by atoms with Gasteiger partial charge in [0.1, 0.15) is 11.3 Å². The van der Waals surface area contributed by atoms with Crippen LogP contribution in [0.4, 0.5) is 10.1 Å². The summed E-state index contributed by atoms with van der Waals surface area (Å²) in [5.74, 6) is -1.88. The highest BCUT2D eigenvalue weighted by Crippen LogP contribution is 2.44. The van der Waals surface area contributed by atoms with E-state index in [1.165, 1.54) is 13.3 Å². The largest absolute Gasteiger partial charge is 0.492 e. The smallest absolute Gasteiger partial charge is 0.341 e. The molecule has 1 amide bonds. The molecule has 1 saturated carbocycles. The summed E-state index contributed by atoms with van der Waals surface area (Å²) in [6, 6.07) is 9.99. The van der Waals surface area contributed by atoms with Crippen LogP contribution in [0, 0.1) is 5.82 Å². The third-order valence-electron chi connectivity index (χ3n) is 6.80. The van der Waals surface area contributed by atoms with E-state index in [4.69, 9.17) is 4.74 Å². The zero-order valence-electron chi connectivity index (χ0n) is 20.0. The number of halogens is 1. The first-order chi connectivity index (χ1) is 16.8. The molecular formula is C26H28FN3O6. The van der Waals surface area contributed by atoms with Crippen LogP contribution >= 0.6 is 0 Å². The molecule has 1 aliphatic heterocycles. The van der Waals surface area contributed by atoms with Crippen LogP contribution in [0.2, 0.25) is 0 Å². The van der Waals surface area contributed by atoms with Crippen molar-refractivity contribution < 1.29 is 29.3 Å². The molecule has 0 spiro atoms. The van der Waals surface area contributed by atoms with Gasteiger partial charge in [0.25, 0.3) is 5.91 Å². The maximum absolute atomic E-state index is 15.6. The second-order valence-corrected chi connectivity index (χ2v) is 9.11. The molecule has 190 valence electrons. The van der Waals surface area contributed by atoms with Crippen LogP contribution in [0.3, 0.4) is 0 Å². The third-order valence-corrected chi connectivity index (χ3v) is 6.80. The lowest BCUT2D eigenvalue weighted by Gasteiger charge is -2.41. The monoisotopic (exact) mass is 497 g/mol. The summed E-state index contributed by atoms with van der Waals surface area (Å²) in [4.78, 5) is 41.2. The summed E-state index contributed by atoms with van der Waals surface area (Å²) in [6.07, 6.45) is 3.02. The molecule has 3 aromatic rings. The number of carbonyl (C=O) groups is 2. The van der Waals surface area contributed by atoms with E-state index in [2.05, 4.69) is 0 Å². The molecular weight excluding hydrogens is 469 g/mol. The highest BCUT2D eigenvalue weighted by atomic mass is 19.1. The van der Waals surface area contributed by atoms with Crippen LogP contribution in [0.15, 0.2) is 47.4 Å². The number of fused-ring (bicyclic) bond motifs is 1. The van der Waals surface area contributed by atoms with Gasteiger partial charge in [0.2, 0.25) is 5.43 Å². The molecule has 9 nitrogen and oxygen atoms in total. The predicted molar refractivity (Wildman–Crippen MR) is 133 cm³/mol. The highest BCUT2D eigenvalue weighted by molar-refractivity contribution is 5.97. The average Bonchev–Trinajstić information content (AvgIpc) is 3.69. The molecule has 1 atom stereocenters. The number of methoxy groups -OCH3 is 1. The summed E-state index contributed by atoms with van der Waals surface area (Å²) in [5, 5.41) is 9.50. The number of nitrogens with zero attached hydrogens (tertiary/aromatic N) is 3. The van der Waals surface area contributed by atoms with Gasteiger partial charge >= 0.3 is 5.97 Å². The molecule has 2 fully saturated rings. The minimum absolute atomic E-state index is 0. The van der Waals surface area contributed by atoms with Gasteiger partial charge in [-0.3, -0.25) is 9.59 Å². The van der Waals surface area contributed by atoms with Crippen LogP contribution < -0.4 is 15.1 Å². The van der Waals surface area contributed by atoms with E-state index >= 15 is 4.39 Å². The van der Waals surface area contributed by atoms with Crippen LogP contribution in [0.25, 0.3) is 10.9 Å². The molecule has 2 aliphatic rings. The molecule has 1 unspecified atom stereocenters. The molecule has 2 aromatic carbocycles. The van der Waals surface area contributed by atoms with Gasteiger partial charge in [-0.05, 0) is 38.0 Å². The van der Waals surface area contributed by atoms with Crippen molar-refractivity contribution in [3.63, 3.8) is 0 Å². The number of carboxylic acids is 1. The van der Waals surface area contributed by atoms with Crippen LogP contribution in [0.5, 0.6) is 5.75 Å². The van der Waals surface area contributed by atoms with Crippen LogP contribution in [-0.2, 0) is 0 Å². The van der Waals surface area contributed by atoms with E-state index in [1.54, 1.807) is 21.6 Å². The van der Waals surface area contributed by atoms with E-state index in [-0.39, 0.29) is 45.9 Å². The number of carboxylic acid groups (broad SMARTS) is 1. The summed E-state index contributed by atoms with van der Waals surface area (Å²) < 4.78 is 23.0. The molecule has 10 heteroatoms. The second-order valence-electron chi connectivity index (χ2n) is 9.11. The fraction of sp³-hybridized carbons (Fsp3) is 0.346. The van der Waals surface area contributed by atoms with E-state index in [0.29, 0.717) is 30.7 Å². The molecule has 5 rings (SSSR count). The molecule has 2 heterocycles. The number of pyridine rings is 1. The van der Waals surface area contributed by atoms with Gasteiger partial charge < -0.3 is 29.7 Å². The first-order valence-corrected chi connectivity index (χ1v) is 11.6. The van der Waals surface area contributed by atoms with E-state index < -0.39 is 17.2 Å². The van der Waals surface area contributed by atoms with Gasteiger partial charge in [0.15, 0.2) is 11.6 Å². The Bertz CT molecular complexity index is 1390. The second kappa shape index (κ2) is 9.62. The fourth-order valence-corrected chi connectivity index (χ4v) is 4.93. The quantitative estimate of drug-likeness (QED) is 0.578. The van der Waals surface area contributed by atoms with Gasteiger partial charge in [-0.2, -0.15) is 0 Å². The number of aromatic nitrogens is 1. The van der Waals surface area contributed by atoms with E-state index in [1.807, 2.05) is 30.0 Å². The van der Waals surface area contributed by atoms with Gasteiger partial charge in [0, 0.05) is 43.5 Å². The summed E-state index contributed by atoms with van der Waals surface area (Å²) >= 11 is 0. The van der Waals surface area contributed by atoms with Crippen molar-refractivity contribution in [3.8, 4) is 5.75 Å². The van der Waals surface area contributed by atoms with Gasteiger partial charge in [0.05, 0.1) is 18.0 Å². The summed E-state index contributed by atoms with van der Waals surface area (Å²) in [7, 11) is 1.42. The van der Waals surface area contributed by atoms with Gasteiger partial charge in [-0.15, -0.1) is 0 Å². The molecule has 0 bridgehead atoms. The minimum Gasteiger partial charge on any atom is -0.492 e. The van der Waals surface area contributed by atoms with Crippen molar-refractivity contribution in [2.45, 2.75) is 31.8 Å². The number of rotatable bonds is 5. The third kappa shape index (κ3) is 4.17. The molecule has 36 heavy (non-hydrogen) atoms. The van der Waals surface area contributed by atoms with E-state index in [9.17, 15) is 19.5 Å². The Balaban J connectivity index is 0.00000304. The van der Waals surface area contributed by atoms with Crippen molar-refractivity contribution in [3.05, 3.63) is 69.8 Å². The first kappa shape index (κ1) is 25.2. The molecule has 1 aromatic heterocycles. The Morgan fingerprint density at radius 3 is 2.42 bits per heavy atom. The SMILES string of the molecule is COc1c(N2CCN(C(=O)c3ccccc3)C(C)C2)c(F)cc2c(=O)c(C(=O)O)cn(C3CC3)c12.O. The molecule has 1 aliphatic carbocycles. The Kier molecular flexibility index (Phi) is 6.73. The highest BCUT2D eigenvalue weighted by Gasteiger charge is 2.34. The number of anilines is 1. The number of benzene rings is 2. The minimum atomic E-state index is -1.34. The number of hydrogen-bond donors (Lipinski definition) is 1. The zero-order chi connectivity index (χ0) is 24.9. The zero-order valence-corrected chi connectivity index (χ0v) is 20.0. The predicted octanol–water partition coefficient (Wildman–Crippen LogP) is 2.71. The maximum Gasteiger partial charge on any atom is 0.341 e. The van der Waals surface area contributed by atoms with Crippen molar-refractivity contribution in [1.29, 1.82) is 0 Å². The summed E-state index contributed by atoms with van der Waals surface area (Å²) in [5.41, 5.74) is 0.0948. The Hall–Kier alpha value is -3.92. The molecule has 1 saturated heterocycles. The standard InChI is InChI=1S/C26H26FN3O5.H2O/c1-15-13-28(10-11-29(15)25(32)16-6-4-3-5-7-16)22-20(27)12-18-21(24(22)35-2)30(17-8-9-17)14-19(23(18)31)26(33)34;/h3-7,12,14-15,17H,8-11,13H2,1-2H3,(H,33,34);1H2. The lowest BCUT2D eigenvalue weighted by atomic mass is 10.1. The van der Waals surface area contributed by atoms with Crippen LogP contribution in [0.1, 0.15) is 46.5 Å². The number of hydrogen-bond acceptors (Lipinski definition) is 5. The van der Waals surface area contributed by atoms with E-state index in [0.717, 1.165) is 18.9 Å². The molecule has 0 radical (unpaired) electrons. The normalized spacial score (nSPS) is 17.6. The average molecular weight is 498 g/mol. The first-order valence-electron chi connectivity index (χ1n) is 11.6. The Morgan fingerprint density at radius 1 is 1.14 bits per heavy atom. The topological polar surface area (TPSA) is 124 Å². The fourth-order valence-electron chi connectivity index (χ4n) is 4.93. The van der Waals surface area contributed by atoms with Crippen LogP contribution in [-0.4, -0.2) is 64.7 Å². The Morgan fingerprint density at radius 2 is 1.83 bits per heavy atom. The number of aromatic carboxylic acids is 1. The number of ether oxygens (including phenoxy) is 1. The number of carbonyl (C=O) groups excluding carboxylic acids is 1. The van der Waals surface area contributed by atoms with Gasteiger partial charge in [-0.25, -0.2) is 9.18 Å². The van der Waals surface area contributed by atoms with Crippen molar-refractivity contribution >= 4 is 28.5 Å². The Labute approximate surface area is 206 Å². The molecule has 3 N–H and O–H groups in total. The lowest BCUT2D eigenvalue weighted by Crippen LogP contribution is -2.54. The maximum atomic E-state index is 15.6. The lowest BCUT2D eigenvalue weighted by molar-refractivity contribution is 0.0670.